The van der Waals surface area contributed by atoms with E-state index in [-0.39, 0.29) is 17.0 Å². The van der Waals surface area contributed by atoms with Crippen LogP contribution in [0.2, 0.25) is 0 Å². The molecule has 1 aromatic carbocycles. The van der Waals surface area contributed by atoms with Crippen molar-refractivity contribution in [3.8, 4) is 0 Å². The van der Waals surface area contributed by atoms with Crippen molar-refractivity contribution in [1.82, 2.24) is 0 Å². The van der Waals surface area contributed by atoms with Crippen molar-refractivity contribution in [2.45, 2.75) is 13.8 Å². The van der Waals surface area contributed by atoms with Gasteiger partial charge in [0.15, 0.2) is 0 Å². The Hall–Kier alpha value is -0.500. The summed E-state index contributed by atoms with van der Waals surface area (Å²) in [6.45, 7) is 4.09. The lowest BCUT2D eigenvalue weighted by Gasteiger charge is -1.97. The van der Waals surface area contributed by atoms with E-state index >= 15 is 0 Å². The molecule has 0 amide bonds. The predicted octanol–water partition coefficient (Wildman–Crippen LogP) is 2.46. The van der Waals surface area contributed by atoms with Gasteiger partial charge in [-0.1, -0.05) is 6.07 Å². The van der Waals surface area contributed by atoms with E-state index < -0.39 is 0 Å². The average molecular weight is 202 g/mol. The molecule has 2 heteroatoms. The van der Waals surface area contributed by atoms with Crippen molar-refractivity contribution >= 4 is 22.7 Å². The zero-order valence-electron chi connectivity index (χ0n) is 6.22. The summed E-state index contributed by atoms with van der Waals surface area (Å²) < 4.78 is 0. The van der Waals surface area contributed by atoms with Crippen LogP contribution in [-0.4, -0.2) is 0 Å². The molecule has 56 valence electrons. The van der Waals surface area contributed by atoms with Crippen LogP contribution in [0.1, 0.15) is 11.1 Å². The van der Waals surface area contributed by atoms with Crippen LogP contribution in [0.3, 0.4) is 0 Å². The van der Waals surface area contributed by atoms with Crippen molar-refractivity contribution < 1.29 is 0 Å². The fourth-order valence-corrected chi connectivity index (χ4v) is 1.01. The maximum Gasteiger partial charge on any atom is 0.0319 e. The molecule has 2 N–H and O–H groups in total. The van der Waals surface area contributed by atoms with Gasteiger partial charge in [0.1, 0.15) is 0 Å². The van der Waals surface area contributed by atoms with Gasteiger partial charge in [-0.25, -0.2) is 0 Å². The van der Waals surface area contributed by atoms with E-state index in [0.29, 0.717) is 0 Å². The average Bonchev–Trinajstić information content (AvgIpc) is 1.59. The smallest absolute Gasteiger partial charge is 0.0319 e. The lowest BCUT2D eigenvalue weighted by atomic mass is 10.1. The number of anilines is 1. The highest BCUT2D eigenvalue weighted by Crippen LogP contribution is 2.08. The predicted molar refractivity (Wildman–Crippen MR) is 50.7 cm³/mol. The van der Waals surface area contributed by atoms with Crippen LogP contribution >= 0.6 is 17.0 Å². The first-order valence-corrected chi connectivity index (χ1v) is 3.02. The van der Waals surface area contributed by atoms with Gasteiger partial charge >= 0.3 is 0 Å². The van der Waals surface area contributed by atoms with E-state index in [1.165, 1.54) is 11.1 Å². The number of halogens is 1. The fourth-order valence-electron chi connectivity index (χ4n) is 1.01. The number of benzene rings is 1. The molecule has 0 unspecified atom stereocenters. The first-order chi connectivity index (χ1) is 4.18. The minimum absolute atomic E-state index is 0. The molecule has 0 aromatic heterocycles. The molecule has 0 bridgehead atoms. The molecule has 0 fully saturated rings. The highest BCUT2D eigenvalue weighted by Gasteiger charge is 1.87. The first kappa shape index (κ1) is 9.50. The number of nitrogen functional groups attached to an aromatic ring is 1. The zero-order valence-corrected chi connectivity index (χ0v) is 7.93. The quantitative estimate of drug-likeness (QED) is 0.642. The molecule has 1 nitrogen and oxygen atoms in total. The number of aryl methyl sites for hydroxylation is 2. The van der Waals surface area contributed by atoms with Crippen molar-refractivity contribution in [2.24, 2.45) is 0 Å². The Bertz CT molecular complexity index is 170. The molecule has 0 aliphatic heterocycles. The van der Waals surface area contributed by atoms with Gasteiger partial charge in [0.05, 0.1) is 0 Å². The van der Waals surface area contributed by atoms with Gasteiger partial charge in [-0.05, 0) is 37.1 Å². The molecule has 0 saturated heterocycles. The third-order valence-electron chi connectivity index (χ3n) is 1.24. The normalized spacial score (nSPS) is 8.60. The van der Waals surface area contributed by atoms with Crippen molar-refractivity contribution in [2.75, 3.05) is 5.73 Å². The number of hydrogen-bond donors (Lipinski definition) is 1. The standard InChI is InChI=1S/C8H11N.BrH/c1-6-3-7(2)5-8(9)4-6;/h3-5H,9H2,1-2H3;1H. The molecule has 0 aliphatic carbocycles. The second kappa shape index (κ2) is 3.62. The molecule has 10 heavy (non-hydrogen) atoms. The van der Waals surface area contributed by atoms with Crippen LogP contribution in [0.4, 0.5) is 5.69 Å². The van der Waals surface area contributed by atoms with Crippen molar-refractivity contribution in [3.63, 3.8) is 0 Å². The summed E-state index contributed by atoms with van der Waals surface area (Å²) in [5.74, 6) is 0. The summed E-state index contributed by atoms with van der Waals surface area (Å²) >= 11 is 0. The second-order valence-corrected chi connectivity index (χ2v) is 2.42. The van der Waals surface area contributed by atoms with E-state index in [1.54, 1.807) is 0 Å². The fraction of sp³-hybridized carbons (Fsp3) is 0.250. The molecule has 0 atom stereocenters. The van der Waals surface area contributed by atoms with E-state index in [4.69, 9.17) is 5.73 Å². The maximum absolute atomic E-state index is 5.56. The van der Waals surface area contributed by atoms with Crippen LogP contribution in [-0.2, 0) is 0 Å². The molecule has 0 saturated carbocycles. The van der Waals surface area contributed by atoms with Gasteiger partial charge in [0.2, 0.25) is 0 Å². The van der Waals surface area contributed by atoms with E-state index in [0.717, 1.165) is 5.69 Å². The van der Waals surface area contributed by atoms with Gasteiger partial charge in [-0.2, -0.15) is 0 Å². The molecular weight excluding hydrogens is 190 g/mol. The molecule has 0 aliphatic rings. The molecule has 0 radical (unpaired) electrons. The van der Waals surface area contributed by atoms with Crippen LogP contribution < -0.4 is 5.73 Å². The summed E-state index contributed by atoms with van der Waals surface area (Å²) in [6, 6.07) is 6.04. The molecular formula is C8H12BrN. The molecule has 1 rings (SSSR count). The van der Waals surface area contributed by atoms with Gasteiger partial charge in [0.25, 0.3) is 0 Å². The third-order valence-corrected chi connectivity index (χ3v) is 1.24. The lowest BCUT2D eigenvalue weighted by molar-refractivity contribution is 1.39. The second-order valence-electron chi connectivity index (χ2n) is 2.42. The Labute approximate surface area is 72.0 Å². The van der Waals surface area contributed by atoms with Gasteiger partial charge < -0.3 is 5.73 Å². The Balaban J connectivity index is 0.000000810. The Morgan fingerprint density at radius 1 is 1.00 bits per heavy atom. The Morgan fingerprint density at radius 3 is 1.70 bits per heavy atom. The van der Waals surface area contributed by atoms with Crippen molar-refractivity contribution in [3.05, 3.63) is 29.3 Å². The SMILES string of the molecule is Br.Cc1cc(C)cc(N)c1. The van der Waals surface area contributed by atoms with E-state index in [1.807, 2.05) is 26.0 Å². The number of hydrogen-bond acceptors (Lipinski definition) is 1. The lowest BCUT2D eigenvalue weighted by Crippen LogP contribution is -1.86. The topological polar surface area (TPSA) is 26.0 Å². The van der Waals surface area contributed by atoms with Crippen LogP contribution in [0.25, 0.3) is 0 Å². The summed E-state index contributed by atoms with van der Waals surface area (Å²) in [4.78, 5) is 0. The first-order valence-electron chi connectivity index (χ1n) is 3.02. The number of nitrogens with two attached hydrogens (primary N) is 1. The minimum atomic E-state index is 0. The van der Waals surface area contributed by atoms with E-state index in [2.05, 4.69) is 6.07 Å². The van der Waals surface area contributed by atoms with Crippen molar-refractivity contribution in [1.29, 1.82) is 0 Å². The highest BCUT2D eigenvalue weighted by atomic mass is 79.9. The summed E-state index contributed by atoms with van der Waals surface area (Å²) in [6.07, 6.45) is 0. The Morgan fingerprint density at radius 2 is 1.40 bits per heavy atom. The van der Waals surface area contributed by atoms with E-state index in [9.17, 15) is 0 Å². The van der Waals surface area contributed by atoms with Gasteiger partial charge in [0, 0.05) is 5.69 Å². The minimum Gasteiger partial charge on any atom is -0.399 e. The van der Waals surface area contributed by atoms with Gasteiger partial charge in [-0.15, -0.1) is 17.0 Å². The molecule has 0 heterocycles. The van der Waals surface area contributed by atoms with Crippen LogP contribution in [0, 0.1) is 13.8 Å². The summed E-state index contributed by atoms with van der Waals surface area (Å²) in [5.41, 5.74) is 8.87. The molecule has 1 aromatic rings. The zero-order chi connectivity index (χ0) is 6.85. The largest absolute Gasteiger partial charge is 0.399 e. The van der Waals surface area contributed by atoms with Crippen LogP contribution in [0.15, 0.2) is 18.2 Å². The van der Waals surface area contributed by atoms with Gasteiger partial charge in [-0.3, -0.25) is 0 Å². The number of rotatable bonds is 0. The third kappa shape index (κ3) is 2.40. The summed E-state index contributed by atoms with van der Waals surface area (Å²) in [5, 5.41) is 0. The molecule has 0 spiro atoms. The summed E-state index contributed by atoms with van der Waals surface area (Å²) in [7, 11) is 0. The van der Waals surface area contributed by atoms with Crippen LogP contribution in [0.5, 0.6) is 0 Å². The monoisotopic (exact) mass is 201 g/mol. The highest BCUT2D eigenvalue weighted by molar-refractivity contribution is 8.93. The Kier molecular flexibility index (Phi) is 3.43. The maximum atomic E-state index is 5.56.